The van der Waals surface area contributed by atoms with Crippen LogP contribution in [-0.4, -0.2) is 20.3 Å². The number of methoxy groups -OCH3 is 2. The van der Waals surface area contributed by atoms with Crippen molar-refractivity contribution in [1.29, 1.82) is 0 Å². The Labute approximate surface area is 132 Å². The third-order valence-corrected chi connectivity index (χ3v) is 3.21. The second kappa shape index (κ2) is 7.59. The third-order valence-electron chi connectivity index (χ3n) is 3.21. The van der Waals surface area contributed by atoms with Crippen LogP contribution in [0.15, 0.2) is 42.5 Å². The van der Waals surface area contributed by atoms with Crippen LogP contribution in [0.1, 0.15) is 19.4 Å². The Morgan fingerprint density at radius 3 is 2.41 bits per heavy atom. The van der Waals surface area contributed by atoms with Gasteiger partial charge >= 0.3 is 0 Å². The van der Waals surface area contributed by atoms with Crippen molar-refractivity contribution in [1.82, 2.24) is 0 Å². The smallest absolute Gasteiger partial charge is 0.142 e. The van der Waals surface area contributed by atoms with E-state index in [0.717, 1.165) is 28.5 Å². The molecule has 4 heteroatoms. The van der Waals surface area contributed by atoms with Gasteiger partial charge in [-0.2, -0.15) is 0 Å². The fourth-order valence-electron chi connectivity index (χ4n) is 2.16. The van der Waals surface area contributed by atoms with Crippen LogP contribution >= 0.6 is 0 Å². The summed E-state index contributed by atoms with van der Waals surface area (Å²) in [6.45, 7) is 4.69. The van der Waals surface area contributed by atoms with Crippen LogP contribution in [0.25, 0.3) is 0 Å². The van der Waals surface area contributed by atoms with Gasteiger partial charge in [0.05, 0.1) is 26.0 Å². The van der Waals surface area contributed by atoms with E-state index >= 15 is 0 Å². The predicted octanol–water partition coefficient (Wildman–Crippen LogP) is 4.10. The number of para-hydroxylation sites is 1. The van der Waals surface area contributed by atoms with Gasteiger partial charge in [0.1, 0.15) is 17.2 Å². The van der Waals surface area contributed by atoms with Gasteiger partial charge in [0.25, 0.3) is 0 Å². The zero-order valence-corrected chi connectivity index (χ0v) is 13.6. The molecular formula is C18H23NO3. The van der Waals surface area contributed by atoms with Gasteiger partial charge < -0.3 is 19.5 Å². The molecule has 0 aliphatic carbocycles. The van der Waals surface area contributed by atoms with Crippen LogP contribution in [0.3, 0.4) is 0 Å². The molecule has 0 aromatic heterocycles. The molecule has 0 saturated carbocycles. The number of ether oxygens (including phenoxy) is 3. The highest BCUT2D eigenvalue weighted by Gasteiger charge is 2.08. The van der Waals surface area contributed by atoms with E-state index in [9.17, 15) is 0 Å². The normalized spacial score (nSPS) is 10.4. The average molecular weight is 301 g/mol. The lowest BCUT2D eigenvalue weighted by Gasteiger charge is -2.16. The lowest BCUT2D eigenvalue weighted by Crippen LogP contribution is -2.09. The lowest BCUT2D eigenvalue weighted by atomic mass is 10.2. The number of hydrogen-bond acceptors (Lipinski definition) is 4. The highest BCUT2D eigenvalue weighted by Crippen LogP contribution is 2.30. The molecule has 2 aromatic carbocycles. The first-order chi connectivity index (χ1) is 10.6. The zero-order valence-electron chi connectivity index (χ0n) is 13.6. The molecule has 0 fully saturated rings. The first-order valence-corrected chi connectivity index (χ1v) is 7.34. The lowest BCUT2D eigenvalue weighted by molar-refractivity contribution is 0.240. The monoisotopic (exact) mass is 301 g/mol. The van der Waals surface area contributed by atoms with E-state index < -0.39 is 0 Å². The fourth-order valence-corrected chi connectivity index (χ4v) is 2.16. The van der Waals surface area contributed by atoms with Crippen LogP contribution in [0.5, 0.6) is 17.2 Å². The summed E-state index contributed by atoms with van der Waals surface area (Å²) in [5.41, 5.74) is 1.99. The molecular weight excluding hydrogens is 278 g/mol. The van der Waals surface area contributed by atoms with E-state index in [1.54, 1.807) is 14.2 Å². The minimum atomic E-state index is 0.146. The van der Waals surface area contributed by atoms with E-state index in [1.807, 2.05) is 50.2 Å². The van der Waals surface area contributed by atoms with Crippen LogP contribution in [-0.2, 0) is 6.54 Å². The van der Waals surface area contributed by atoms with Crippen LogP contribution < -0.4 is 19.5 Å². The molecule has 0 unspecified atom stereocenters. The number of rotatable bonds is 7. The van der Waals surface area contributed by atoms with Gasteiger partial charge in [0, 0.05) is 18.2 Å². The molecule has 0 bridgehead atoms. The molecule has 0 heterocycles. The van der Waals surface area contributed by atoms with Gasteiger partial charge in [-0.1, -0.05) is 18.2 Å². The summed E-state index contributed by atoms with van der Waals surface area (Å²) < 4.78 is 16.5. The van der Waals surface area contributed by atoms with Crippen molar-refractivity contribution in [3.63, 3.8) is 0 Å². The second-order valence-electron chi connectivity index (χ2n) is 5.19. The molecule has 0 saturated heterocycles. The summed E-state index contributed by atoms with van der Waals surface area (Å²) in [6.07, 6.45) is 0.146. The molecule has 118 valence electrons. The standard InChI is InChI=1S/C18H23NO3/c1-13(2)22-17-8-6-5-7-14(17)12-19-16-11-15(20-3)9-10-18(16)21-4/h5-11,13,19H,12H2,1-4H3. The van der Waals surface area contributed by atoms with Crippen LogP contribution in [0.4, 0.5) is 5.69 Å². The van der Waals surface area contributed by atoms with Crippen molar-refractivity contribution in [3.8, 4) is 17.2 Å². The molecule has 0 spiro atoms. The van der Waals surface area contributed by atoms with Crippen molar-refractivity contribution >= 4 is 5.69 Å². The average Bonchev–Trinajstić information content (AvgIpc) is 2.53. The number of anilines is 1. The summed E-state index contributed by atoms with van der Waals surface area (Å²) in [7, 11) is 3.31. The van der Waals surface area contributed by atoms with Gasteiger partial charge in [-0.25, -0.2) is 0 Å². The summed E-state index contributed by atoms with van der Waals surface area (Å²) in [4.78, 5) is 0. The fraction of sp³-hybridized carbons (Fsp3) is 0.333. The van der Waals surface area contributed by atoms with Gasteiger partial charge in [0.15, 0.2) is 0 Å². The Kier molecular flexibility index (Phi) is 5.53. The van der Waals surface area contributed by atoms with E-state index in [0.29, 0.717) is 6.54 Å². The van der Waals surface area contributed by atoms with Crippen LogP contribution in [0.2, 0.25) is 0 Å². The van der Waals surface area contributed by atoms with E-state index in [-0.39, 0.29) is 6.10 Å². The molecule has 1 N–H and O–H groups in total. The highest BCUT2D eigenvalue weighted by molar-refractivity contribution is 5.60. The third kappa shape index (κ3) is 4.07. The van der Waals surface area contributed by atoms with Crippen LogP contribution in [0, 0.1) is 0 Å². The number of hydrogen-bond donors (Lipinski definition) is 1. The van der Waals surface area contributed by atoms with Crippen molar-refractivity contribution in [2.75, 3.05) is 19.5 Å². The molecule has 0 atom stereocenters. The molecule has 0 radical (unpaired) electrons. The Morgan fingerprint density at radius 1 is 0.955 bits per heavy atom. The van der Waals surface area contributed by atoms with E-state index in [4.69, 9.17) is 14.2 Å². The van der Waals surface area contributed by atoms with Crippen molar-refractivity contribution < 1.29 is 14.2 Å². The first kappa shape index (κ1) is 16.0. The molecule has 2 rings (SSSR count). The van der Waals surface area contributed by atoms with Gasteiger partial charge in [-0.05, 0) is 32.0 Å². The number of benzene rings is 2. The maximum Gasteiger partial charge on any atom is 0.142 e. The second-order valence-corrected chi connectivity index (χ2v) is 5.19. The van der Waals surface area contributed by atoms with Crippen molar-refractivity contribution in [2.45, 2.75) is 26.5 Å². The van der Waals surface area contributed by atoms with Gasteiger partial charge in [-0.15, -0.1) is 0 Å². The molecule has 2 aromatic rings. The maximum atomic E-state index is 5.84. The summed E-state index contributed by atoms with van der Waals surface area (Å²) in [5.74, 6) is 2.46. The summed E-state index contributed by atoms with van der Waals surface area (Å²) >= 11 is 0. The summed E-state index contributed by atoms with van der Waals surface area (Å²) in [5, 5.41) is 3.38. The Morgan fingerprint density at radius 2 is 1.73 bits per heavy atom. The topological polar surface area (TPSA) is 39.7 Å². The van der Waals surface area contributed by atoms with Crippen molar-refractivity contribution in [3.05, 3.63) is 48.0 Å². The highest BCUT2D eigenvalue weighted by atomic mass is 16.5. The molecule has 0 aliphatic heterocycles. The predicted molar refractivity (Wildman–Crippen MR) is 89.1 cm³/mol. The Hall–Kier alpha value is -2.36. The molecule has 22 heavy (non-hydrogen) atoms. The Balaban J connectivity index is 2.16. The van der Waals surface area contributed by atoms with E-state index in [2.05, 4.69) is 11.4 Å². The molecule has 0 amide bonds. The minimum Gasteiger partial charge on any atom is -0.497 e. The number of nitrogens with one attached hydrogen (secondary N) is 1. The molecule has 4 nitrogen and oxygen atoms in total. The van der Waals surface area contributed by atoms with Crippen molar-refractivity contribution in [2.24, 2.45) is 0 Å². The maximum absolute atomic E-state index is 5.84. The molecule has 0 aliphatic rings. The summed E-state index contributed by atoms with van der Waals surface area (Å²) in [6, 6.07) is 13.7. The quantitative estimate of drug-likeness (QED) is 0.835. The Bertz CT molecular complexity index is 611. The van der Waals surface area contributed by atoms with Gasteiger partial charge in [-0.3, -0.25) is 0 Å². The largest absolute Gasteiger partial charge is 0.497 e. The van der Waals surface area contributed by atoms with E-state index in [1.165, 1.54) is 0 Å². The first-order valence-electron chi connectivity index (χ1n) is 7.34. The minimum absolute atomic E-state index is 0.146. The zero-order chi connectivity index (χ0) is 15.9. The van der Waals surface area contributed by atoms with Gasteiger partial charge in [0.2, 0.25) is 0 Å². The SMILES string of the molecule is COc1ccc(OC)c(NCc2ccccc2OC(C)C)c1.